The van der Waals surface area contributed by atoms with Gasteiger partial charge in [-0.2, -0.15) is 13.2 Å². The zero-order valence-electron chi connectivity index (χ0n) is 25.3. The maximum absolute atomic E-state index is 13.7. The van der Waals surface area contributed by atoms with Crippen molar-refractivity contribution in [3.63, 3.8) is 0 Å². The molecular formula is C27H22F3N8Na2O6P. The average Bonchev–Trinajstić information content (AvgIpc) is 3.00. The first kappa shape index (κ1) is 37.3. The summed E-state index contributed by atoms with van der Waals surface area (Å²) in [6, 6.07) is 6.89. The molecule has 14 nitrogen and oxygen atoms in total. The van der Waals surface area contributed by atoms with Crippen molar-refractivity contribution in [1.82, 2.24) is 34.0 Å². The second-order valence-electron chi connectivity index (χ2n) is 10.3. The number of anilines is 1. The first-order valence-corrected chi connectivity index (χ1v) is 14.8. The van der Waals surface area contributed by atoms with Crippen LogP contribution in [0.25, 0.3) is 38.9 Å². The van der Waals surface area contributed by atoms with Crippen LogP contribution in [0.4, 0.5) is 19.1 Å². The zero-order chi connectivity index (χ0) is 32.1. The molecule has 0 atom stereocenters. The van der Waals surface area contributed by atoms with E-state index in [4.69, 9.17) is 0 Å². The molecule has 0 saturated carbocycles. The Bertz CT molecular complexity index is 2100. The Balaban J connectivity index is 0.00000250. The van der Waals surface area contributed by atoms with Crippen molar-refractivity contribution >= 4 is 35.7 Å². The van der Waals surface area contributed by atoms with Crippen LogP contribution in [0.5, 0.6) is 0 Å². The topological polar surface area (TPSA) is 174 Å². The number of piperazine rings is 1. The molecule has 47 heavy (non-hydrogen) atoms. The van der Waals surface area contributed by atoms with Gasteiger partial charge in [-0.05, 0) is 37.4 Å². The number of aromatic nitrogens is 6. The number of rotatable bonds is 6. The first-order valence-electron chi connectivity index (χ1n) is 13.4. The third kappa shape index (κ3) is 7.86. The van der Waals surface area contributed by atoms with Crippen molar-refractivity contribution in [3.05, 3.63) is 81.4 Å². The molecule has 0 amide bonds. The number of nitrogens with zero attached hydrogens (tertiary/aromatic N) is 8. The van der Waals surface area contributed by atoms with Crippen molar-refractivity contribution in [2.75, 3.05) is 38.1 Å². The average molecular weight is 688 g/mol. The summed E-state index contributed by atoms with van der Waals surface area (Å²) in [7, 11) is -3.62. The fourth-order valence-corrected chi connectivity index (χ4v) is 5.23. The van der Waals surface area contributed by atoms with E-state index in [2.05, 4.69) is 29.4 Å². The van der Waals surface area contributed by atoms with E-state index in [9.17, 15) is 37.1 Å². The fraction of sp³-hybridized carbons (Fsp3) is 0.259. The van der Waals surface area contributed by atoms with Gasteiger partial charge < -0.3 is 28.7 Å². The quantitative estimate of drug-likeness (QED) is 0.0947. The third-order valence-electron chi connectivity index (χ3n) is 7.30. The Morgan fingerprint density at radius 1 is 0.957 bits per heavy atom. The van der Waals surface area contributed by atoms with Gasteiger partial charge >= 0.3 is 71.0 Å². The summed E-state index contributed by atoms with van der Waals surface area (Å²) < 4.78 is 57.3. The maximum atomic E-state index is 13.7. The maximum Gasteiger partial charge on any atom is 1.00 e. The molecule has 1 aliphatic rings. The molecule has 0 aliphatic carbocycles. The minimum absolute atomic E-state index is 0. The molecule has 6 rings (SSSR count). The van der Waals surface area contributed by atoms with Crippen LogP contribution in [0.2, 0.25) is 0 Å². The molecule has 4 aromatic heterocycles. The molecule has 0 radical (unpaired) electrons. The minimum atomic E-state index is -5.65. The van der Waals surface area contributed by atoms with Gasteiger partial charge in [-0.3, -0.25) is 14.3 Å². The van der Waals surface area contributed by atoms with Crippen molar-refractivity contribution < 1.29 is 91.2 Å². The molecule has 20 heteroatoms. The van der Waals surface area contributed by atoms with Gasteiger partial charge in [0.25, 0.3) is 5.56 Å². The number of alkyl halides is 3. The van der Waals surface area contributed by atoms with Crippen molar-refractivity contribution in [1.29, 1.82) is 0 Å². The summed E-state index contributed by atoms with van der Waals surface area (Å²) >= 11 is 0. The van der Waals surface area contributed by atoms with Crippen molar-refractivity contribution in [3.8, 4) is 16.9 Å². The smallest absolute Gasteiger partial charge is 0.790 e. The van der Waals surface area contributed by atoms with Crippen LogP contribution in [0.3, 0.4) is 0 Å². The molecule has 0 unspecified atom stereocenters. The van der Waals surface area contributed by atoms with Gasteiger partial charge in [-0.25, -0.2) is 24.3 Å². The number of phosphoric acid groups is 1. The number of fused-ring (bicyclic) bond motifs is 3. The molecule has 1 aromatic carbocycles. The molecule has 5 aromatic rings. The van der Waals surface area contributed by atoms with Crippen LogP contribution in [-0.4, -0.2) is 67.2 Å². The van der Waals surface area contributed by atoms with E-state index < -0.39 is 37.5 Å². The Morgan fingerprint density at radius 2 is 1.64 bits per heavy atom. The number of phosphoric ester groups is 1. The van der Waals surface area contributed by atoms with Gasteiger partial charge in [0.2, 0.25) is 5.95 Å². The van der Waals surface area contributed by atoms with Crippen molar-refractivity contribution in [2.24, 2.45) is 0 Å². The van der Waals surface area contributed by atoms with E-state index in [1.54, 1.807) is 24.5 Å². The largest absolute Gasteiger partial charge is 1.00 e. The number of hydrogen-bond acceptors (Lipinski definition) is 12. The van der Waals surface area contributed by atoms with Gasteiger partial charge in [-0.1, -0.05) is 6.07 Å². The monoisotopic (exact) mass is 688 g/mol. The van der Waals surface area contributed by atoms with E-state index in [1.807, 2.05) is 11.9 Å². The SMILES string of the molecule is CN1CCN(c2ncc(-c3ccc4ncc5c(=O)n(COP(=O)([O-])[O-])c(=O)n(-c6cccc(C(F)(F)F)c6)c5c4n3)cn2)CC1.[Na+].[Na+]. The molecule has 5 heterocycles. The molecule has 1 saturated heterocycles. The predicted octanol–water partition coefficient (Wildman–Crippen LogP) is -4.87. The Labute approximate surface area is 308 Å². The number of pyridine rings is 2. The Morgan fingerprint density at radius 3 is 2.28 bits per heavy atom. The van der Waals surface area contributed by atoms with E-state index >= 15 is 0 Å². The van der Waals surface area contributed by atoms with Gasteiger partial charge in [-0.15, -0.1) is 0 Å². The predicted molar refractivity (Wildman–Crippen MR) is 151 cm³/mol. The molecule has 0 spiro atoms. The molecule has 0 bridgehead atoms. The summed E-state index contributed by atoms with van der Waals surface area (Å²) in [5, 5.41) is -0.305. The Kier molecular flexibility index (Phi) is 11.5. The summed E-state index contributed by atoms with van der Waals surface area (Å²) in [6.45, 7) is 1.90. The zero-order valence-corrected chi connectivity index (χ0v) is 30.2. The van der Waals surface area contributed by atoms with Crippen LogP contribution in [0.15, 0.2) is 64.6 Å². The van der Waals surface area contributed by atoms with E-state index in [-0.39, 0.29) is 91.3 Å². The van der Waals surface area contributed by atoms with E-state index in [1.165, 1.54) is 6.07 Å². The molecule has 1 fully saturated rings. The molecule has 234 valence electrons. The minimum Gasteiger partial charge on any atom is -0.790 e. The van der Waals surface area contributed by atoms with E-state index in [0.717, 1.165) is 49.1 Å². The standard InChI is InChI=1S/C27H24F3N8O6P.2Na/c1-35-7-9-36(10-8-35)25-32-12-16(13-33-25)20-5-6-21-22(34-20)23-19(14-31-21)24(39)37(15-44-45(41,42)43)26(40)38(23)18-4-2-3-17(11-18)27(28,29)30;;/h2-6,11-14H,7-10,15H2,1H3,(H2,41,42,43);;/q;2*+1/p-2. The van der Waals surface area contributed by atoms with Gasteiger partial charge in [0, 0.05) is 50.3 Å². The first-order chi connectivity index (χ1) is 21.3. The van der Waals surface area contributed by atoms with Crippen LogP contribution in [-0.2, 0) is 22.0 Å². The van der Waals surface area contributed by atoms with Crippen molar-refractivity contribution in [2.45, 2.75) is 12.9 Å². The third-order valence-corrected chi connectivity index (χ3v) is 7.74. The van der Waals surface area contributed by atoms with Crippen LogP contribution < -0.4 is 85.1 Å². The van der Waals surface area contributed by atoms with Crippen LogP contribution in [0.1, 0.15) is 5.56 Å². The normalized spacial score (nSPS) is 14.2. The van der Waals surface area contributed by atoms with Crippen LogP contribution >= 0.6 is 7.82 Å². The number of halogens is 3. The molecule has 0 N–H and O–H groups in total. The Hall–Kier alpha value is -2.54. The number of likely N-dealkylation sites (N-methyl/N-ethyl adjacent to an activating group) is 1. The van der Waals surface area contributed by atoms with Gasteiger partial charge in [0.05, 0.1) is 41.2 Å². The van der Waals surface area contributed by atoms with Crippen LogP contribution in [0, 0.1) is 0 Å². The number of hydrogen-bond donors (Lipinski definition) is 0. The van der Waals surface area contributed by atoms with E-state index in [0.29, 0.717) is 23.3 Å². The number of benzene rings is 1. The summed E-state index contributed by atoms with van der Waals surface area (Å²) in [4.78, 5) is 71.3. The molecule has 1 aliphatic heterocycles. The van der Waals surface area contributed by atoms with Gasteiger partial charge in [0.15, 0.2) is 0 Å². The summed E-state index contributed by atoms with van der Waals surface area (Å²) in [5.74, 6) is 0.529. The fourth-order valence-electron chi connectivity index (χ4n) is 4.97. The second-order valence-corrected chi connectivity index (χ2v) is 11.4. The summed E-state index contributed by atoms with van der Waals surface area (Å²) in [5.41, 5.74) is -3.03. The second kappa shape index (κ2) is 14.5. The molecular weight excluding hydrogens is 666 g/mol. The summed E-state index contributed by atoms with van der Waals surface area (Å²) in [6.07, 6.45) is -0.594. The van der Waals surface area contributed by atoms with Gasteiger partial charge in [0.1, 0.15) is 12.2 Å².